The Bertz CT molecular complexity index is 665. The second-order valence-electron chi connectivity index (χ2n) is 7.79. The van der Waals surface area contributed by atoms with Crippen LogP contribution in [-0.2, 0) is 0 Å². The Kier molecular flexibility index (Phi) is 15.0. The van der Waals surface area contributed by atoms with E-state index in [4.69, 9.17) is 5.73 Å². The van der Waals surface area contributed by atoms with E-state index in [-0.39, 0.29) is 5.91 Å². The fraction of sp³-hybridized carbons (Fsp3) is 0.538. The summed E-state index contributed by atoms with van der Waals surface area (Å²) in [6, 6.07) is 6.52. The summed E-state index contributed by atoms with van der Waals surface area (Å²) in [5.74, 6) is -0.671. The Balaban J connectivity index is 1.95. The van der Waals surface area contributed by atoms with Gasteiger partial charge in [0.2, 0.25) is 5.91 Å². The standard InChI is InChI=1S/C26H40N2O2/c1-2-3-4-5-6-7-8-9-10-11-12-13-14-15-16-17-21-28-26(30)24-20-18-19-23(22-24)25(27)29/h6-7,9-10,18-20,22H,2-5,8,11-17,21H2,1H3,(H2,27,29)(H,28,30)/b7-6-,10-9-. The first-order chi connectivity index (χ1) is 14.6. The Labute approximate surface area is 183 Å². The summed E-state index contributed by atoms with van der Waals surface area (Å²) in [5.41, 5.74) is 6.09. The lowest BCUT2D eigenvalue weighted by Crippen LogP contribution is -2.25. The minimum absolute atomic E-state index is 0.152. The molecule has 0 radical (unpaired) electrons. The lowest BCUT2D eigenvalue weighted by molar-refractivity contribution is 0.0953. The van der Waals surface area contributed by atoms with Gasteiger partial charge in [0.25, 0.3) is 5.91 Å². The van der Waals surface area contributed by atoms with Crippen LogP contribution >= 0.6 is 0 Å². The lowest BCUT2D eigenvalue weighted by Gasteiger charge is -2.06. The van der Waals surface area contributed by atoms with Crippen LogP contribution in [0.5, 0.6) is 0 Å². The van der Waals surface area contributed by atoms with Crippen molar-refractivity contribution in [3.8, 4) is 0 Å². The van der Waals surface area contributed by atoms with E-state index in [1.165, 1.54) is 63.9 Å². The predicted molar refractivity (Wildman–Crippen MR) is 127 cm³/mol. The molecule has 1 aromatic carbocycles. The summed E-state index contributed by atoms with van der Waals surface area (Å²) in [6.07, 6.45) is 23.6. The van der Waals surface area contributed by atoms with E-state index in [1.807, 2.05) is 0 Å². The second-order valence-corrected chi connectivity index (χ2v) is 7.79. The van der Waals surface area contributed by atoms with E-state index in [9.17, 15) is 9.59 Å². The summed E-state index contributed by atoms with van der Waals surface area (Å²) >= 11 is 0. The van der Waals surface area contributed by atoms with Crippen LogP contribution in [0.25, 0.3) is 0 Å². The third-order valence-corrected chi connectivity index (χ3v) is 5.07. The largest absolute Gasteiger partial charge is 0.366 e. The molecule has 0 saturated heterocycles. The van der Waals surface area contributed by atoms with Crippen molar-refractivity contribution in [1.82, 2.24) is 5.32 Å². The van der Waals surface area contributed by atoms with Gasteiger partial charge in [-0.25, -0.2) is 0 Å². The van der Waals surface area contributed by atoms with Gasteiger partial charge in [0.05, 0.1) is 0 Å². The Morgan fingerprint density at radius 2 is 1.43 bits per heavy atom. The number of allylic oxidation sites excluding steroid dienone is 4. The maximum absolute atomic E-state index is 12.1. The number of carbonyl (C=O) groups excluding carboxylic acids is 2. The van der Waals surface area contributed by atoms with Crippen LogP contribution in [0.1, 0.15) is 105 Å². The zero-order chi connectivity index (χ0) is 21.9. The highest BCUT2D eigenvalue weighted by Gasteiger charge is 2.07. The number of primary amides is 1. The third kappa shape index (κ3) is 13.0. The number of hydrogen-bond acceptors (Lipinski definition) is 2. The third-order valence-electron chi connectivity index (χ3n) is 5.07. The molecule has 0 spiro atoms. The van der Waals surface area contributed by atoms with Crippen molar-refractivity contribution in [2.24, 2.45) is 5.73 Å². The number of hydrogen-bond donors (Lipinski definition) is 2. The fourth-order valence-electron chi connectivity index (χ4n) is 3.23. The van der Waals surface area contributed by atoms with Gasteiger partial charge in [0.1, 0.15) is 0 Å². The monoisotopic (exact) mass is 412 g/mol. The maximum Gasteiger partial charge on any atom is 0.251 e. The zero-order valence-corrected chi connectivity index (χ0v) is 18.7. The van der Waals surface area contributed by atoms with E-state index in [2.05, 4.69) is 36.5 Å². The minimum atomic E-state index is -0.519. The molecule has 3 N–H and O–H groups in total. The van der Waals surface area contributed by atoms with Gasteiger partial charge in [0, 0.05) is 17.7 Å². The zero-order valence-electron chi connectivity index (χ0n) is 18.7. The van der Waals surface area contributed by atoms with E-state index in [0.717, 1.165) is 19.3 Å². The van der Waals surface area contributed by atoms with E-state index in [0.29, 0.717) is 17.7 Å². The molecule has 0 aromatic heterocycles. The van der Waals surface area contributed by atoms with Crippen LogP contribution in [0.3, 0.4) is 0 Å². The number of rotatable bonds is 17. The van der Waals surface area contributed by atoms with Crippen molar-refractivity contribution in [1.29, 1.82) is 0 Å². The molecular weight excluding hydrogens is 372 g/mol. The molecule has 0 aliphatic heterocycles. The second kappa shape index (κ2) is 17.5. The van der Waals surface area contributed by atoms with Crippen LogP contribution in [-0.4, -0.2) is 18.4 Å². The van der Waals surface area contributed by atoms with Crippen LogP contribution in [0, 0.1) is 0 Å². The minimum Gasteiger partial charge on any atom is -0.366 e. The van der Waals surface area contributed by atoms with E-state index < -0.39 is 5.91 Å². The molecule has 166 valence electrons. The molecule has 0 aliphatic rings. The fourth-order valence-corrected chi connectivity index (χ4v) is 3.23. The highest BCUT2D eigenvalue weighted by atomic mass is 16.2. The normalized spacial score (nSPS) is 11.4. The summed E-state index contributed by atoms with van der Waals surface area (Å²) in [5, 5.41) is 2.91. The Morgan fingerprint density at radius 3 is 2.10 bits per heavy atom. The Morgan fingerprint density at radius 1 is 0.833 bits per heavy atom. The van der Waals surface area contributed by atoms with Crippen molar-refractivity contribution in [3.05, 3.63) is 59.7 Å². The highest BCUT2D eigenvalue weighted by Crippen LogP contribution is 2.08. The summed E-state index contributed by atoms with van der Waals surface area (Å²) in [6.45, 7) is 2.90. The van der Waals surface area contributed by atoms with Crippen LogP contribution in [0.15, 0.2) is 48.6 Å². The first-order valence-corrected chi connectivity index (χ1v) is 11.6. The molecular formula is C26H40N2O2. The number of amides is 2. The van der Waals surface area contributed by atoms with Crippen molar-refractivity contribution in [3.63, 3.8) is 0 Å². The van der Waals surface area contributed by atoms with Crippen molar-refractivity contribution in [2.45, 2.75) is 84.0 Å². The van der Waals surface area contributed by atoms with Crippen LogP contribution < -0.4 is 11.1 Å². The molecule has 4 nitrogen and oxygen atoms in total. The van der Waals surface area contributed by atoms with Gasteiger partial charge in [-0.15, -0.1) is 0 Å². The number of nitrogens with one attached hydrogen (secondary N) is 1. The average molecular weight is 413 g/mol. The molecule has 2 amide bonds. The van der Waals surface area contributed by atoms with E-state index >= 15 is 0 Å². The molecule has 0 heterocycles. The molecule has 0 fully saturated rings. The smallest absolute Gasteiger partial charge is 0.251 e. The Hall–Kier alpha value is -2.36. The first-order valence-electron chi connectivity index (χ1n) is 11.6. The molecule has 1 rings (SSSR count). The molecule has 0 unspecified atom stereocenters. The summed E-state index contributed by atoms with van der Waals surface area (Å²) in [7, 11) is 0. The SMILES string of the molecule is CCCCC/C=C\C/C=C\CCCCCCCCNC(=O)c1cccc(C(N)=O)c1. The van der Waals surface area contributed by atoms with Gasteiger partial charge in [-0.05, 0) is 56.7 Å². The van der Waals surface area contributed by atoms with Gasteiger partial charge >= 0.3 is 0 Å². The average Bonchev–Trinajstić information content (AvgIpc) is 2.75. The first kappa shape index (κ1) is 25.7. The summed E-state index contributed by atoms with van der Waals surface area (Å²) < 4.78 is 0. The summed E-state index contributed by atoms with van der Waals surface area (Å²) in [4.78, 5) is 23.3. The quantitative estimate of drug-likeness (QED) is 0.232. The number of unbranched alkanes of at least 4 members (excludes halogenated alkanes) is 9. The number of benzene rings is 1. The van der Waals surface area contributed by atoms with Crippen molar-refractivity contribution in [2.75, 3.05) is 6.54 Å². The van der Waals surface area contributed by atoms with Gasteiger partial charge in [-0.2, -0.15) is 0 Å². The molecule has 1 aromatic rings. The maximum atomic E-state index is 12.1. The molecule has 0 aliphatic carbocycles. The lowest BCUT2D eigenvalue weighted by atomic mass is 10.1. The van der Waals surface area contributed by atoms with E-state index in [1.54, 1.807) is 18.2 Å². The van der Waals surface area contributed by atoms with Crippen LogP contribution in [0.2, 0.25) is 0 Å². The van der Waals surface area contributed by atoms with Gasteiger partial charge < -0.3 is 11.1 Å². The predicted octanol–water partition coefficient (Wildman–Crippen LogP) is 6.33. The molecule has 0 atom stereocenters. The van der Waals surface area contributed by atoms with Crippen molar-refractivity contribution < 1.29 is 9.59 Å². The highest BCUT2D eigenvalue weighted by molar-refractivity contribution is 5.99. The van der Waals surface area contributed by atoms with Gasteiger partial charge in [0.15, 0.2) is 0 Å². The van der Waals surface area contributed by atoms with Gasteiger partial charge in [-0.3, -0.25) is 9.59 Å². The number of nitrogens with two attached hydrogens (primary N) is 1. The molecule has 30 heavy (non-hydrogen) atoms. The number of carbonyl (C=O) groups is 2. The van der Waals surface area contributed by atoms with Crippen molar-refractivity contribution >= 4 is 11.8 Å². The van der Waals surface area contributed by atoms with Crippen LogP contribution in [0.4, 0.5) is 0 Å². The molecule has 0 saturated carbocycles. The van der Waals surface area contributed by atoms with Gasteiger partial charge in [-0.1, -0.05) is 75.8 Å². The molecule has 0 bridgehead atoms. The topological polar surface area (TPSA) is 72.2 Å². The molecule has 4 heteroatoms.